The third kappa shape index (κ3) is 3.62. The Bertz CT molecular complexity index is 465. The fourth-order valence-electron chi connectivity index (χ4n) is 2.39. The van der Waals surface area contributed by atoms with Crippen molar-refractivity contribution in [1.29, 1.82) is 0 Å². The highest BCUT2D eigenvalue weighted by atomic mass is 35.5. The summed E-state index contributed by atoms with van der Waals surface area (Å²) < 4.78 is 0. The molecule has 0 aromatic heterocycles. The zero-order chi connectivity index (χ0) is 13.3. The smallest absolute Gasteiger partial charge is 0.254 e. The van der Waals surface area contributed by atoms with Gasteiger partial charge in [-0.2, -0.15) is 0 Å². The third-order valence-electron chi connectivity index (χ3n) is 3.68. The van der Waals surface area contributed by atoms with E-state index >= 15 is 0 Å². The Hall–Kier alpha value is -0.770. The number of benzene rings is 1. The lowest BCUT2D eigenvalue weighted by molar-refractivity contribution is 0.0663. The van der Waals surface area contributed by atoms with Gasteiger partial charge in [-0.05, 0) is 43.0 Å². The van der Waals surface area contributed by atoms with Crippen molar-refractivity contribution in [2.45, 2.75) is 26.3 Å². The summed E-state index contributed by atoms with van der Waals surface area (Å²) in [5.41, 5.74) is 7.64. The first-order valence-electron chi connectivity index (χ1n) is 6.30. The van der Waals surface area contributed by atoms with Crippen molar-refractivity contribution < 1.29 is 4.79 Å². The van der Waals surface area contributed by atoms with Gasteiger partial charge in [0, 0.05) is 29.7 Å². The molecular weight excluding hydrogens is 283 g/mol. The van der Waals surface area contributed by atoms with Gasteiger partial charge in [0.2, 0.25) is 0 Å². The van der Waals surface area contributed by atoms with E-state index in [9.17, 15) is 4.79 Å². The van der Waals surface area contributed by atoms with E-state index in [-0.39, 0.29) is 24.4 Å². The minimum Gasteiger partial charge on any atom is -0.338 e. The van der Waals surface area contributed by atoms with Crippen LogP contribution in [0.4, 0.5) is 0 Å². The number of likely N-dealkylation sites (tertiary alicyclic amines) is 1. The van der Waals surface area contributed by atoms with Crippen LogP contribution in [0.15, 0.2) is 18.2 Å². The lowest BCUT2D eigenvalue weighted by Gasteiger charge is -2.35. The maximum absolute atomic E-state index is 12.4. The maximum Gasteiger partial charge on any atom is 0.254 e. The Kier molecular flexibility index (Phi) is 5.65. The van der Waals surface area contributed by atoms with Gasteiger partial charge in [-0.25, -0.2) is 0 Å². The van der Waals surface area contributed by atoms with Crippen molar-refractivity contribution >= 4 is 29.9 Å². The molecule has 1 fully saturated rings. The second-order valence-electron chi connectivity index (χ2n) is 5.14. The molecule has 0 saturated carbocycles. The number of piperidine rings is 1. The van der Waals surface area contributed by atoms with Gasteiger partial charge in [-0.15, -0.1) is 12.4 Å². The molecule has 2 unspecified atom stereocenters. The molecule has 1 saturated heterocycles. The van der Waals surface area contributed by atoms with Crippen LogP contribution in [-0.2, 0) is 0 Å². The monoisotopic (exact) mass is 302 g/mol. The van der Waals surface area contributed by atoms with Crippen molar-refractivity contribution in [2.24, 2.45) is 11.7 Å². The summed E-state index contributed by atoms with van der Waals surface area (Å²) in [6.45, 7) is 5.49. The number of nitrogens with two attached hydrogens (primary N) is 1. The average Bonchev–Trinajstić information content (AvgIpc) is 2.32. The van der Waals surface area contributed by atoms with Crippen molar-refractivity contribution in [3.63, 3.8) is 0 Å². The Labute approximate surface area is 125 Å². The molecule has 1 aliphatic heterocycles. The molecule has 1 aromatic carbocycles. The molecule has 19 heavy (non-hydrogen) atoms. The molecule has 5 heteroatoms. The summed E-state index contributed by atoms with van der Waals surface area (Å²) in [6, 6.07) is 5.61. The molecular formula is C14H20Cl2N2O. The van der Waals surface area contributed by atoms with Crippen molar-refractivity contribution in [1.82, 2.24) is 4.90 Å². The highest BCUT2D eigenvalue weighted by Gasteiger charge is 2.27. The Morgan fingerprint density at radius 2 is 2.16 bits per heavy atom. The minimum absolute atomic E-state index is 0. The van der Waals surface area contributed by atoms with Crippen LogP contribution < -0.4 is 5.73 Å². The standard InChI is InChI=1S/C14H19ClN2O.ClH/c1-9-7-11(15)3-4-12(9)14(18)17-6-5-13(16)10(2)8-17;/h3-4,7,10,13H,5-6,8,16H2,1-2H3;1H. The van der Waals surface area contributed by atoms with Gasteiger partial charge < -0.3 is 10.6 Å². The first-order chi connectivity index (χ1) is 8.49. The van der Waals surface area contributed by atoms with Gasteiger partial charge in [-0.1, -0.05) is 18.5 Å². The number of hydrogen-bond acceptors (Lipinski definition) is 2. The molecule has 1 heterocycles. The van der Waals surface area contributed by atoms with E-state index in [1.807, 2.05) is 17.9 Å². The van der Waals surface area contributed by atoms with Gasteiger partial charge in [-0.3, -0.25) is 4.79 Å². The second-order valence-corrected chi connectivity index (χ2v) is 5.58. The number of rotatable bonds is 1. The molecule has 1 aliphatic rings. The van der Waals surface area contributed by atoms with E-state index in [0.29, 0.717) is 10.9 Å². The van der Waals surface area contributed by atoms with Crippen molar-refractivity contribution in [2.75, 3.05) is 13.1 Å². The van der Waals surface area contributed by atoms with Crippen LogP contribution in [0.25, 0.3) is 0 Å². The highest BCUT2D eigenvalue weighted by molar-refractivity contribution is 6.30. The third-order valence-corrected chi connectivity index (χ3v) is 3.91. The van der Waals surface area contributed by atoms with Crippen molar-refractivity contribution in [3.05, 3.63) is 34.3 Å². The first-order valence-corrected chi connectivity index (χ1v) is 6.68. The van der Waals surface area contributed by atoms with Gasteiger partial charge in [0.05, 0.1) is 0 Å². The summed E-state index contributed by atoms with van der Waals surface area (Å²) in [7, 11) is 0. The fraction of sp³-hybridized carbons (Fsp3) is 0.500. The summed E-state index contributed by atoms with van der Waals surface area (Å²) >= 11 is 5.91. The van der Waals surface area contributed by atoms with E-state index in [4.69, 9.17) is 17.3 Å². The van der Waals surface area contributed by atoms with E-state index < -0.39 is 0 Å². The maximum atomic E-state index is 12.4. The Morgan fingerprint density at radius 1 is 1.47 bits per heavy atom. The SMILES string of the molecule is Cc1cc(Cl)ccc1C(=O)N1CCC(N)C(C)C1.Cl. The number of halogens is 2. The molecule has 2 rings (SSSR count). The first kappa shape index (κ1) is 16.3. The van der Waals surface area contributed by atoms with Crippen LogP contribution in [0.5, 0.6) is 0 Å². The highest BCUT2D eigenvalue weighted by Crippen LogP contribution is 2.21. The normalized spacial score (nSPS) is 22.8. The molecule has 0 bridgehead atoms. The zero-order valence-electron chi connectivity index (χ0n) is 11.2. The number of aryl methyl sites for hydroxylation is 1. The largest absolute Gasteiger partial charge is 0.338 e. The lowest BCUT2D eigenvalue weighted by atomic mass is 9.94. The van der Waals surface area contributed by atoms with E-state index in [2.05, 4.69) is 6.92 Å². The van der Waals surface area contributed by atoms with E-state index in [1.165, 1.54) is 0 Å². The zero-order valence-corrected chi connectivity index (χ0v) is 12.8. The minimum atomic E-state index is 0. The van der Waals surface area contributed by atoms with Crippen LogP contribution >= 0.6 is 24.0 Å². The van der Waals surface area contributed by atoms with Gasteiger partial charge in [0.25, 0.3) is 5.91 Å². The quantitative estimate of drug-likeness (QED) is 0.867. The Balaban J connectivity index is 0.00000180. The number of carbonyl (C=O) groups excluding carboxylic acids is 1. The van der Waals surface area contributed by atoms with E-state index in [1.54, 1.807) is 12.1 Å². The van der Waals surface area contributed by atoms with Crippen LogP contribution in [-0.4, -0.2) is 29.9 Å². The van der Waals surface area contributed by atoms with E-state index in [0.717, 1.165) is 30.6 Å². The molecule has 106 valence electrons. The lowest BCUT2D eigenvalue weighted by Crippen LogP contribution is -2.48. The molecule has 1 amide bonds. The average molecular weight is 303 g/mol. The van der Waals surface area contributed by atoms with Crippen LogP contribution in [0.2, 0.25) is 5.02 Å². The molecule has 3 nitrogen and oxygen atoms in total. The number of hydrogen-bond donors (Lipinski definition) is 1. The van der Waals surface area contributed by atoms with Gasteiger partial charge in [0.1, 0.15) is 0 Å². The van der Waals surface area contributed by atoms with Crippen molar-refractivity contribution in [3.8, 4) is 0 Å². The van der Waals surface area contributed by atoms with Gasteiger partial charge in [0.15, 0.2) is 0 Å². The number of carbonyl (C=O) groups is 1. The van der Waals surface area contributed by atoms with Crippen LogP contribution in [0, 0.1) is 12.8 Å². The summed E-state index contributed by atoms with van der Waals surface area (Å²) in [4.78, 5) is 14.3. The Morgan fingerprint density at radius 3 is 2.74 bits per heavy atom. The summed E-state index contributed by atoms with van der Waals surface area (Å²) in [6.07, 6.45) is 0.875. The van der Waals surface area contributed by atoms with Crippen LogP contribution in [0.3, 0.4) is 0 Å². The summed E-state index contributed by atoms with van der Waals surface area (Å²) in [5.74, 6) is 0.443. The predicted octanol–water partition coefficient (Wildman–Crippen LogP) is 2.88. The molecule has 2 atom stereocenters. The van der Waals surface area contributed by atoms with Gasteiger partial charge >= 0.3 is 0 Å². The molecule has 0 spiro atoms. The second kappa shape index (κ2) is 6.60. The topological polar surface area (TPSA) is 46.3 Å². The molecule has 2 N–H and O–H groups in total. The number of amides is 1. The number of nitrogens with zero attached hydrogens (tertiary/aromatic N) is 1. The van der Waals surface area contributed by atoms with Crippen LogP contribution in [0.1, 0.15) is 29.3 Å². The summed E-state index contributed by atoms with van der Waals surface area (Å²) in [5, 5.41) is 0.665. The fourth-order valence-corrected chi connectivity index (χ4v) is 2.61. The molecule has 1 aromatic rings. The molecule has 0 radical (unpaired) electrons. The molecule has 0 aliphatic carbocycles. The predicted molar refractivity (Wildman–Crippen MR) is 81.1 cm³/mol.